The summed E-state index contributed by atoms with van der Waals surface area (Å²) in [5.74, 6) is 0.514. The molecular formula is C17H21N5O4. The fourth-order valence-electron chi connectivity index (χ4n) is 3.07. The lowest BCUT2D eigenvalue weighted by Crippen LogP contribution is -2.40. The maximum absolute atomic E-state index is 12.1. The molecule has 1 aliphatic heterocycles. The van der Waals surface area contributed by atoms with Crippen LogP contribution in [0.3, 0.4) is 0 Å². The molecule has 2 aromatic heterocycles. The lowest BCUT2D eigenvalue weighted by atomic mass is 10.2. The molecule has 1 saturated heterocycles. The number of amides is 1. The quantitative estimate of drug-likeness (QED) is 0.822. The summed E-state index contributed by atoms with van der Waals surface area (Å²) < 4.78 is 5.11. The van der Waals surface area contributed by atoms with E-state index in [1.807, 2.05) is 11.8 Å². The topological polar surface area (TPSA) is 113 Å². The van der Waals surface area contributed by atoms with E-state index in [0.717, 1.165) is 6.42 Å². The number of rotatable bonds is 6. The molecule has 3 heterocycles. The van der Waals surface area contributed by atoms with Crippen LogP contribution in [0.5, 0.6) is 0 Å². The Bertz CT molecular complexity index is 806. The maximum atomic E-state index is 12.1. The fraction of sp³-hybridized carbons (Fsp3) is 0.471. The average Bonchev–Trinajstić information content (AvgIpc) is 3.28. The Morgan fingerprint density at radius 2 is 2.19 bits per heavy atom. The first-order valence-corrected chi connectivity index (χ1v) is 8.52. The summed E-state index contributed by atoms with van der Waals surface area (Å²) in [4.78, 5) is 35.4. The van der Waals surface area contributed by atoms with E-state index in [-0.39, 0.29) is 17.6 Å². The third kappa shape index (κ3) is 3.81. The molecule has 138 valence electrons. The van der Waals surface area contributed by atoms with Gasteiger partial charge in [0.1, 0.15) is 5.82 Å². The minimum Gasteiger partial charge on any atom is -0.477 e. The van der Waals surface area contributed by atoms with Gasteiger partial charge in [0.05, 0.1) is 12.6 Å². The Balaban J connectivity index is 1.71. The first-order chi connectivity index (χ1) is 12.5. The number of aryl methyl sites for hydroxylation is 1. The summed E-state index contributed by atoms with van der Waals surface area (Å²) in [5.41, 5.74) is 0.00765. The van der Waals surface area contributed by atoms with E-state index in [1.165, 1.54) is 13.0 Å². The molecule has 0 aliphatic carbocycles. The number of hydrogen-bond acceptors (Lipinski definition) is 7. The van der Waals surface area contributed by atoms with E-state index >= 15 is 0 Å². The molecule has 1 N–H and O–H groups in total. The van der Waals surface area contributed by atoms with Crippen molar-refractivity contribution in [3.05, 3.63) is 35.6 Å². The molecule has 9 heteroatoms. The molecule has 2 aromatic rings. The second-order valence-corrected chi connectivity index (χ2v) is 6.18. The molecule has 9 nitrogen and oxygen atoms in total. The minimum absolute atomic E-state index is 0.00765. The number of anilines is 1. The SMILES string of the molecule is CCc1nc(CN(C(C)=O)C2CCN(c3cccc(C(=O)O)n3)C2)no1. The number of hydrogen-bond donors (Lipinski definition) is 1. The zero-order valence-corrected chi connectivity index (χ0v) is 14.8. The summed E-state index contributed by atoms with van der Waals surface area (Å²) in [6, 6.07) is 4.89. The molecule has 1 aliphatic rings. The molecule has 26 heavy (non-hydrogen) atoms. The third-order valence-corrected chi connectivity index (χ3v) is 4.41. The van der Waals surface area contributed by atoms with Crippen molar-refractivity contribution in [1.82, 2.24) is 20.0 Å². The monoisotopic (exact) mass is 359 g/mol. The first kappa shape index (κ1) is 17.8. The van der Waals surface area contributed by atoms with Crippen LogP contribution in [-0.2, 0) is 17.8 Å². The van der Waals surface area contributed by atoms with Crippen LogP contribution in [-0.4, -0.2) is 56.1 Å². The van der Waals surface area contributed by atoms with Crippen molar-refractivity contribution in [3.8, 4) is 0 Å². The maximum Gasteiger partial charge on any atom is 0.354 e. The van der Waals surface area contributed by atoms with Gasteiger partial charge < -0.3 is 19.4 Å². The van der Waals surface area contributed by atoms with E-state index in [0.29, 0.717) is 43.6 Å². The second-order valence-electron chi connectivity index (χ2n) is 6.18. The van der Waals surface area contributed by atoms with Gasteiger partial charge in [0.2, 0.25) is 11.8 Å². The first-order valence-electron chi connectivity index (χ1n) is 8.52. The van der Waals surface area contributed by atoms with E-state index in [9.17, 15) is 9.59 Å². The van der Waals surface area contributed by atoms with Crippen LogP contribution >= 0.6 is 0 Å². The Labute approximate surface area is 150 Å². The van der Waals surface area contributed by atoms with Crippen molar-refractivity contribution in [2.24, 2.45) is 0 Å². The molecule has 1 amide bonds. The Kier molecular flexibility index (Phi) is 5.15. The number of aromatic carboxylic acids is 1. The second kappa shape index (κ2) is 7.51. The highest BCUT2D eigenvalue weighted by Crippen LogP contribution is 2.23. The van der Waals surface area contributed by atoms with Gasteiger partial charge in [-0.1, -0.05) is 18.1 Å². The molecule has 1 unspecified atom stereocenters. The number of carbonyl (C=O) groups is 2. The number of carbonyl (C=O) groups excluding carboxylic acids is 1. The van der Waals surface area contributed by atoms with E-state index < -0.39 is 5.97 Å². The Morgan fingerprint density at radius 3 is 2.85 bits per heavy atom. The van der Waals surface area contributed by atoms with Crippen LogP contribution in [0.4, 0.5) is 5.82 Å². The highest BCUT2D eigenvalue weighted by Gasteiger charge is 2.31. The van der Waals surface area contributed by atoms with Crippen molar-refractivity contribution < 1.29 is 19.2 Å². The van der Waals surface area contributed by atoms with Crippen LogP contribution in [0, 0.1) is 0 Å². The van der Waals surface area contributed by atoms with Crippen molar-refractivity contribution >= 4 is 17.7 Å². The van der Waals surface area contributed by atoms with E-state index in [1.54, 1.807) is 17.0 Å². The van der Waals surface area contributed by atoms with Gasteiger partial charge in [0, 0.05) is 26.4 Å². The average molecular weight is 359 g/mol. The smallest absolute Gasteiger partial charge is 0.354 e. The third-order valence-electron chi connectivity index (χ3n) is 4.41. The van der Waals surface area contributed by atoms with Gasteiger partial charge in [-0.05, 0) is 18.6 Å². The summed E-state index contributed by atoms with van der Waals surface area (Å²) in [6.07, 6.45) is 1.41. The molecule has 0 radical (unpaired) electrons. The number of carboxylic acids is 1. The van der Waals surface area contributed by atoms with E-state index in [4.69, 9.17) is 9.63 Å². The van der Waals surface area contributed by atoms with Gasteiger partial charge in [-0.3, -0.25) is 4.79 Å². The Morgan fingerprint density at radius 1 is 1.38 bits per heavy atom. The van der Waals surface area contributed by atoms with E-state index in [2.05, 4.69) is 15.1 Å². The standard InChI is InChI=1S/C17H21N5O4/c1-3-16-19-14(20-26-16)10-22(11(2)23)12-7-8-21(9-12)15-6-4-5-13(18-15)17(24)25/h4-6,12H,3,7-10H2,1-2H3,(H,24,25). The minimum atomic E-state index is -1.06. The van der Waals surface area contributed by atoms with Crippen molar-refractivity contribution in [3.63, 3.8) is 0 Å². The molecule has 1 fully saturated rings. The van der Waals surface area contributed by atoms with Gasteiger partial charge >= 0.3 is 5.97 Å². The highest BCUT2D eigenvalue weighted by molar-refractivity contribution is 5.85. The lowest BCUT2D eigenvalue weighted by molar-refractivity contribution is -0.131. The summed E-state index contributed by atoms with van der Waals surface area (Å²) in [7, 11) is 0. The summed E-state index contributed by atoms with van der Waals surface area (Å²) >= 11 is 0. The normalized spacial score (nSPS) is 16.7. The molecular weight excluding hydrogens is 338 g/mol. The highest BCUT2D eigenvalue weighted by atomic mass is 16.5. The van der Waals surface area contributed by atoms with Crippen LogP contribution in [0.2, 0.25) is 0 Å². The largest absolute Gasteiger partial charge is 0.477 e. The molecule has 0 spiro atoms. The fourth-order valence-corrected chi connectivity index (χ4v) is 3.07. The van der Waals surface area contributed by atoms with Gasteiger partial charge in [-0.15, -0.1) is 0 Å². The van der Waals surface area contributed by atoms with Crippen molar-refractivity contribution in [1.29, 1.82) is 0 Å². The van der Waals surface area contributed by atoms with Crippen molar-refractivity contribution in [2.45, 2.75) is 39.3 Å². The van der Waals surface area contributed by atoms with Gasteiger partial charge in [0.15, 0.2) is 11.5 Å². The van der Waals surface area contributed by atoms with Gasteiger partial charge in [-0.2, -0.15) is 4.98 Å². The van der Waals surface area contributed by atoms with Crippen molar-refractivity contribution in [2.75, 3.05) is 18.0 Å². The predicted octanol–water partition coefficient (Wildman–Crippen LogP) is 1.35. The number of carboxylic acid groups (broad SMARTS) is 1. The Hall–Kier alpha value is -2.97. The van der Waals surface area contributed by atoms with Crippen LogP contribution < -0.4 is 4.90 Å². The summed E-state index contributed by atoms with van der Waals surface area (Å²) in [6.45, 7) is 5.00. The van der Waals surface area contributed by atoms with Crippen LogP contribution in [0.15, 0.2) is 22.7 Å². The molecule has 0 bridgehead atoms. The lowest BCUT2D eigenvalue weighted by Gasteiger charge is -2.27. The van der Waals surface area contributed by atoms with Crippen LogP contribution in [0.1, 0.15) is 42.5 Å². The number of pyridine rings is 1. The molecule has 0 aromatic carbocycles. The van der Waals surface area contributed by atoms with Crippen LogP contribution in [0.25, 0.3) is 0 Å². The number of aromatic nitrogens is 3. The van der Waals surface area contributed by atoms with Gasteiger partial charge in [0.25, 0.3) is 0 Å². The number of nitrogens with zero attached hydrogens (tertiary/aromatic N) is 5. The zero-order valence-electron chi connectivity index (χ0n) is 14.8. The molecule has 1 atom stereocenters. The zero-order chi connectivity index (χ0) is 18.7. The summed E-state index contributed by atoms with van der Waals surface area (Å²) in [5, 5.41) is 13.0. The predicted molar refractivity (Wildman–Crippen MR) is 91.7 cm³/mol. The molecule has 0 saturated carbocycles. The van der Waals surface area contributed by atoms with Gasteiger partial charge in [-0.25, -0.2) is 9.78 Å². The molecule has 3 rings (SSSR count).